The Morgan fingerprint density at radius 2 is 2.10 bits per heavy atom. The lowest BCUT2D eigenvalue weighted by Gasteiger charge is -1.98. The highest BCUT2D eigenvalue weighted by Gasteiger charge is 2.03. The number of hydrogen-bond acceptors (Lipinski definition) is 2. The van der Waals surface area contributed by atoms with Crippen molar-refractivity contribution in [1.29, 1.82) is 0 Å². The predicted molar refractivity (Wildman–Crippen MR) is 43.1 cm³/mol. The van der Waals surface area contributed by atoms with Crippen LogP contribution >= 0.6 is 24.2 Å². The highest BCUT2D eigenvalue weighted by molar-refractivity contribution is 7.80. The van der Waals surface area contributed by atoms with E-state index in [1.54, 1.807) is 0 Å². The number of thiol groups is 1. The summed E-state index contributed by atoms with van der Waals surface area (Å²) in [6.07, 6.45) is 0. The summed E-state index contributed by atoms with van der Waals surface area (Å²) in [6.45, 7) is 0. The molecule has 0 saturated carbocycles. The highest BCUT2D eigenvalue weighted by atomic mass is 35.5. The Labute approximate surface area is 68.4 Å². The fourth-order valence-electron chi connectivity index (χ4n) is 0.595. The molecule has 0 fully saturated rings. The normalized spacial score (nSPS) is 9.90. The molecule has 2 N–H and O–H groups in total. The van der Waals surface area contributed by atoms with Crippen molar-refractivity contribution in [2.24, 2.45) is 0 Å². The molecule has 10 heavy (non-hydrogen) atoms. The Kier molecular flexibility index (Phi) is 2.06. The van der Waals surface area contributed by atoms with Gasteiger partial charge in [-0.05, 0) is 12.1 Å². The maximum atomic E-state index is 12.6. The second-order valence-corrected chi connectivity index (χ2v) is 2.72. The van der Waals surface area contributed by atoms with Gasteiger partial charge in [0.15, 0.2) is 5.82 Å². The van der Waals surface area contributed by atoms with Crippen molar-refractivity contribution >= 4 is 29.9 Å². The summed E-state index contributed by atoms with van der Waals surface area (Å²) in [7, 11) is 0. The van der Waals surface area contributed by atoms with Gasteiger partial charge in [-0.25, -0.2) is 4.39 Å². The Morgan fingerprint density at radius 3 is 2.60 bits per heavy atom. The van der Waals surface area contributed by atoms with E-state index in [-0.39, 0.29) is 9.92 Å². The first kappa shape index (κ1) is 7.69. The molecule has 1 aromatic rings. The van der Waals surface area contributed by atoms with E-state index in [0.717, 1.165) is 0 Å². The Bertz CT molecular complexity index is 241. The minimum Gasteiger partial charge on any atom is -0.399 e. The Hall–Kier alpha value is -0.410. The van der Waals surface area contributed by atoms with Crippen LogP contribution in [0.25, 0.3) is 0 Å². The molecule has 0 unspecified atom stereocenters. The van der Waals surface area contributed by atoms with Crippen LogP contribution in [-0.4, -0.2) is 0 Å². The van der Waals surface area contributed by atoms with Crippen LogP contribution in [0.2, 0.25) is 5.02 Å². The summed E-state index contributed by atoms with van der Waals surface area (Å²) in [5.74, 6) is -0.529. The molecule has 0 aliphatic heterocycles. The second-order valence-electron chi connectivity index (χ2n) is 1.84. The maximum absolute atomic E-state index is 12.6. The predicted octanol–water partition coefficient (Wildman–Crippen LogP) is 2.35. The summed E-state index contributed by atoms with van der Waals surface area (Å²) in [5, 5.41) is 0.00463. The lowest BCUT2D eigenvalue weighted by molar-refractivity contribution is 0.603. The fraction of sp³-hybridized carbons (Fsp3) is 0. The van der Waals surface area contributed by atoms with Crippen molar-refractivity contribution < 1.29 is 4.39 Å². The topological polar surface area (TPSA) is 26.0 Å². The van der Waals surface area contributed by atoms with Crippen LogP contribution < -0.4 is 5.73 Å². The van der Waals surface area contributed by atoms with Crippen molar-refractivity contribution in [3.05, 3.63) is 23.0 Å². The van der Waals surface area contributed by atoms with Crippen LogP contribution in [-0.2, 0) is 0 Å². The zero-order valence-electron chi connectivity index (χ0n) is 4.94. The van der Waals surface area contributed by atoms with Gasteiger partial charge in [-0.1, -0.05) is 11.6 Å². The summed E-state index contributed by atoms with van der Waals surface area (Å²) in [6, 6.07) is 2.75. The molecule has 0 amide bonds. The molecular weight excluding hydrogens is 173 g/mol. The van der Waals surface area contributed by atoms with E-state index in [9.17, 15) is 4.39 Å². The maximum Gasteiger partial charge on any atom is 0.155 e. The van der Waals surface area contributed by atoms with Gasteiger partial charge in [-0.15, -0.1) is 12.6 Å². The summed E-state index contributed by atoms with van der Waals surface area (Å²) in [5.41, 5.74) is 5.74. The van der Waals surface area contributed by atoms with Crippen molar-refractivity contribution in [2.75, 3.05) is 5.73 Å². The van der Waals surface area contributed by atoms with Crippen LogP contribution in [0, 0.1) is 5.82 Å². The van der Waals surface area contributed by atoms with Gasteiger partial charge in [-0.2, -0.15) is 0 Å². The third-order valence-electron chi connectivity index (χ3n) is 1.03. The number of halogens is 2. The third kappa shape index (κ3) is 1.36. The molecule has 0 bridgehead atoms. The smallest absolute Gasteiger partial charge is 0.155 e. The summed E-state index contributed by atoms with van der Waals surface area (Å²) < 4.78 is 12.6. The number of rotatable bonds is 0. The van der Waals surface area contributed by atoms with E-state index >= 15 is 0 Å². The molecule has 1 aromatic carbocycles. The molecular formula is C6H5ClFNS. The largest absolute Gasteiger partial charge is 0.399 e. The van der Waals surface area contributed by atoms with Gasteiger partial charge in [0.05, 0.1) is 5.02 Å². The SMILES string of the molecule is Nc1cc(S)c(F)c(Cl)c1. The monoisotopic (exact) mass is 177 g/mol. The van der Waals surface area contributed by atoms with E-state index in [1.807, 2.05) is 0 Å². The molecule has 0 saturated heterocycles. The molecule has 0 aliphatic rings. The van der Waals surface area contributed by atoms with Gasteiger partial charge in [-0.3, -0.25) is 0 Å². The standard InChI is InChI=1S/C6H5ClFNS/c7-4-1-3(9)2-5(10)6(4)8/h1-2,10H,9H2. The molecule has 1 rings (SSSR count). The van der Waals surface area contributed by atoms with E-state index in [1.165, 1.54) is 12.1 Å². The molecule has 0 heterocycles. The van der Waals surface area contributed by atoms with Gasteiger partial charge in [0.1, 0.15) is 0 Å². The van der Waals surface area contributed by atoms with Gasteiger partial charge in [0, 0.05) is 10.6 Å². The molecule has 0 aliphatic carbocycles. The lowest BCUT2D eigenvalue weighted by Crippen LogP contribution is -1.87. The minimum atomic E-state index is -0.529. The first-order valence-corrected chi connectivity index (χ1v) is 3.37. The molecule has 1 nitrogen and oxygen atoms in total. The number of benzene rings is 1. The number of nitrogens with two attached hydrogens (primary N) is 1. The quantitative estimate of drug-likeness (QED) is 0.462. The average Bonchev–Trinajstić information content (AvgIpc) is 1.82. The van der Waals surface area contributed by atoms with E-state index in [4.69, 9.17) is 17.3 Å². The first-order chi connectivity index (χ1) is 4.61. The lowest BCUT2D eigenvalue weighted by atomic mass is 10.3. The average molecular weight is 178 g/mol. The third-order valence-corrected chi connectivity index (χ3v) is 1.63. The number of nitrogen functional groups attached to an aromatic ring is 1. The van der Waals surface area contributed by atoms with Crippen LogP contribution in [0.15, 0.2) is 17.0 Å². The van der Waals surface area contributed by atoms with Crippen LogP contribution in [0.5, 0.6) is 0 Å². The molecule has 0 atom stereocenters. The molecule has 0 radical (unpaired) electrons. The summed E-state index contributed by atoms with van der Waals surface area (Å²) in [4.78, 5) is 0.171. The van der Waals surface area contributed by atoms with E-state index < -0.39 is 5.82 Å². The molecule has 0 aromatic heterocycles. The van der Waals surface area contributed by atoms with Crippen molar-refractivity contribution in [2.45, 2.75) is 4.90 Å². The second kappa shape index (κ2) is 2.68. The molecule has 4 heteroatoms. The highest BCUT2D eigenvalue weighted by Crippen LogP contribution is 2.24. The fourth-order valence-corrected chi connectivity index (χ4v) is 1.16. The molecule has 0 spiro atoms. The van der Waals surface area contributed by atoms with E-state index in [0.29, 0.717) is 5.69 Å². The van der Waals surface area contributed by atoms with Crippen LogP contribution in [0.1, 0.15) is 0 Å². The van der Waals surface area contributed by atoms with Gasteiger partial charge < -0.3 is 5.73 Å². The molecule has 54 valence electrons. The zero-order valence-corrected chi connectivity index (χ0v) is 6.59. The number of anilines is 1. The Balaban J connectivity index is 3.31. The van der Waals surface area contributed by atoms with Crippen LogP contribution in [0.4, 0.5) is 10.1 Å². The minimum absolute atomic E-state index is 0.00463. The first-order valence-electron chi connectivity index (χ1n) is 2.54. The summed E-state index contributed by atoms with van der Waals surface area (Å²) >= 11 is 9.21. The van der Waals surface area contributed by atoms with Crippen molar-refractivity contribution in [1.82, 2.24) is 0 Å². The van der Waals surface area contributed by atoms with Gasteiger partial charge >= 0.3 is 0 Å². The van der Waals surface area contributed by atoms with Gasteiger partial charge in [0.2, 0.25) is 0 Å². The van der Waals surface area contributed by atoms with Gasteiger partial charge in [0.25, 0.3) is 0 Å². The van der Waals surface area contributed by atoms with Crippen LogP contribution in [0.3, 0.4) is 0 Å². The zero-order chi connectivity index (χ0) is 7.72. The number of hydrogen-bond donors (Lipinski definition) is 2. The van der Waals surface area contributed by atoms with Crippen molar-refractivity contribution in [3.63, 3.8) is 0 Å². The van der Waals surface area contributed by atoms with E-state index in [2.05, 4.69) is 12.6 Å². The van der Waals surface area contributed by atoms with Crippen molar-refractivity contribution in [3.8, 4) is 0 Å². The Morgan fingerprint density at radius 1 is 1.50 bits per heavy atom.